The highest BCUT2D eigenvalue weighted by Gasteiger charge is 2.15. The highest BCUT2D eigenvalue weighted by molar-refractivity contribution is 5.14. The highest BCUT2D eigenvalue weighted by atomic mass is 16.5. The van der Waals surface area contributed by atoms with Crippen molar-refractivity contribution in [3.63, 3.8) is 0 Å². The van der Waals surface area contributed by atoms with Gasteiger partial charge in [-0.25, -0.2) is 0 Å². The van der Waals surface area contributed by atoms with Crippen molar-refractivity contribution in [3.05, 3.63) is 60.7 Å². The lowest BCUT2D eigenvalue weighted by Gasteiger charge is -2.23. The van der Waals surface area contributed by atoms with Gasteiger partial charge >= 0.3 is 0 Å². The Labute approximate surface area is 168 Å². The van der Waals surface area contributed by atoms with Gasteiger partial charge in [0.05, 0.1) is 12.7 Å². The van der Waals surface area contributed by atoms with E-state index >= 15 is 0 Å². The first kappa shape index (κ1) is 25.6. The molecule has 154 valence electrons. The summed E-state index contributed by atoms with van der Waals surface area (Å²) in [6, 6.07) is 10.4. The Bertz CT molecular complexity index is 458. The van der Waals surface area contributed by atoms with E-state index in [9.17, 15) is 0 Å². The van der Waals surface area contributed by atoms with Crippen LogP contribution in [0.15, 0.2) is 55.1 Å². The van der Waals surface area contributed by atoms with Crippen molar-refractivity contribution >= 4 is 0 Å². The molecule has 0 amide bonds. The fourth-order valence-electron chi connectivity index (χ4n) is 3.25. The summed E-state index contributed by atoms with van der Waals surface area (Å²) in [5.41, 5.74) is 2.85. The van der Waals surface area contributed by atoms with Crippen LogP contribution in [0.1, 0.15) is 70.8 Å². The lowest BCUT2D eigenvalue weighted by molar-refractivity contribution is 0.0813. The third-order valence-electron chi connectivity index (χ3n) is 4.77. The van der Waals surface area contributed by atoms with Crippen LogP contribution in [0, 0.1) is 5.92 Å². The van der Waals surface area contributed by atoms with Gasteiger partial charge in [0.25, 0.3) is 0 Å². The van der Waals surface area contributed by atoms with Crippen LogP contribution in [-0.2, 0) is 11.2 Å². The number of ether oxygens (including phenoxy) is 1. The van der Waals surface area contributed by atoms with Crippen LogP contribution in [0.3, 0.4) is 0 Å². The zero-order chi connectivity index (χ0) is 20.3. The first-order chi connectivity index (χ1) is 13.1. The zero-order valence-corrected chi connectivity index (χ0v) is 18.0. The fraction of sp³-hybridized carbons (Fsp3) is 0.600. The van der Waals surface area contributed by atoms with E-state index in [1.54, 1.807) is 0 Å². The summed E-state index contributed by atoms with van der Waals surface area (Å²) in [5, 5.41) is 7.00. The summed E-state index contributed by atoms with van der Waals surface area (Å²) < 4.78 is 5.45. The molecule has 0 spiro atoms. The summed E-state index contributed by atoms with van der Waals surface area (Å²) >= 11 is 0. The summed E-state index contributed by atoms with van der Waals surface area (Å²) in [6.45, 7) is 12.9. The molecule has 1 fully saturated rings. The molecule has 0 saturated heterocycles. The number of hydrogen-bond acceptors (Lipinski definition) is 2. The first-order valence-corrected chi connectivity index (χ1v) is 10.5. The Hall–Kier alpha value is -1.38. The second-order valence-electron chi connectivity index (χ2n) is 7.33. The van der Waals surface area contributed by atoms with Crippen LogP contribution in [0.25, 0.3) is 0 Å². The van der Waals surface area contributed by atoms with Gasteiger partial charge in [-0.2, -0.15) is 0 Å². The molecule has 1 aromatic rings. The van der Waals surface area contributed by atoms with Crippen LogP contribution in [0.5, 0.6) is 0 Å². The first-order valence-electron chi connectivity index (χ1n) is 10.5. The monoisotopic (exact) mass is 374 g/mol. The predicted octanol–water partition coefficient (Wildman–Crippen LogP) is 6.74. The molecular weight excluding hydrogens is 332 g/mol. The van der Waals surface area contributed by atoms with Gasteiger partial charge < -0.3 is 9.84 Å². The number of allylic oxidation sites excluding steroid dienone is 2. The average Bonchev–Trinajstić information content (AvgIpc) is 2.71. The van der Waals surface area contributed by atoms with Crippen molar-refractivity contribution in [3.8, 4) is 0 Å². The summed E-state index contributed by atoms with van der Waals surface area (Å²) in [5.74, 6) is 0.846. The number of unbranched alkanes of at least 4 members (excludes halogenated alkanes) is 1. The third-order valence-corrected chi connectivity index (χ3v) is 4.77. The van der Waals surface area contributed by atoms with E-state index in [2.05, 4.69) is 51.3 Å². The van der Waals surface area contributed by atoms with Crippen LogP contribution in [0.4, 0.5) is 0 Å². The molecule has 0 aromatic heterocycles. The lowest BCUT2D eigenvalue weighted by atomic mass is 9.83. The van der Waals surface area contributed by atoms with E-state index < -0.39 is 0 Å². The smallest absolute Gasteiger partial charge is 0.0519 e. The molecule has 0 atom stereocenters. The molecule has 0 radical (unpaired) electrons. The molecular formula is C25H42O2. The molecule has 0 aliphatic heterocycles. The van der Waals surface area contributed by atoms with E-state index in [-0.39, 0.29) is 0 Å². The lowest BCUT2D eigenvalue weighted by Crippen LogP contribution is -2.08. The average molecular weight is 375 g/mol. The van der Waals surface area contributed by atoms with Crippen molar-refractivity contribution in [1.29, 1.82) is 0 Å². The Morgan fingerprint density at radius 1 is 1.15 bits per heavy atom. The number of rotatable bonds is 9. The molecule has 0 bridgehead atoms. The van der Waals surface area contributed by atoms with E-state index in [4.69, 9.17) is 9.84 Å². The topological polar surface area (TPSA) is 29.5 Å². The number of aliphatic hydroxyl groups excluding tert-OH is 1. The molecule has 2 nitrogen and oxygen atoms in total. The Balaban J connectivity index is 0.000000460. The second kappa shape index (κ2) is 18.0. The maximum Gasteiger partial charge on any atom is 0.0519 e. The molecule has 2 heteroatoms. The standard InChI is InChI=1S/C13H22.C11H16O.CH4O/c1-3-4-6-9-12(2)13-10-7-5-8-11-13;1-10(2)12-9-8-11-6-4-3-5-7-11;1-2/h3,13H,1-2,4-11H2;3-7,10H,8-9H2,1-2H3;2H,1H3. The third kappa shape index (κ3) is 14.4. The van der Waals surface area contributed by atoms with Gasteiger partial charge in [0.15, 0.2) is 0 Å². The molecule has 1 aliphatic rings. The molecule has 1 aliphatic carbocycles. The van der Waals surface area contributed by atoms with Gasteiger partial charge in [-0.3, -0.25) is 0 Å². The van der Waals surface area contributed by atoms with Crippen molar-refractivity contribution in [2.24, 2.45) is 5.92 Å². The number of aliphatic hydroxyl groups is 1. The van der Waals surface area contributed by atoms with Crippen molar-refractivity contribution < 1.29 is 9.84 Å². The van der Waals surface area contributed by atoms with Crippen LogP contribution >= 0.6 is 0 Å². The zero-order valence-electron chi connectivity index (χ0n) is 18.0. The van der Waals surface area contributed by atoms with Gasteiger partial charge in [-0.1, -0.05) is 67.8 Å². The quantitative estimate of drug-likeness (QED) is 0.383. The maximum atomic E-state index is 7.00. The maximum absolute atomic E-state index is 7.00. The second-order valence-corrected chi connectivity index (χ2v) is 7.33. The number of benzene rings is 1. The molecule has 2 rings (SSSR count). The Morgan fingerprint density at radius 2 is 1.78 bits per heavy atom. The van der Waals surface area contributed by atoms with E-state index in [1.807, 2.05) is 12.1 Å². The minimum atomic E-state index is 0.341. The van der Waals surface area contributed by atoms with Crippen molar-refractivity contribution in [2.45, 2.75) is 77.7 Å². The largest absolute Gasteiger partial charge is 0.400 e. The van der Waals surface area contributed by atoms with Crippen molar-refractivity contribution in [1.82, 2.24) is 0 Å². The number of hydrogen-bond donors (Lipinski definition) is 1. The predicted molar refractivity (Wildman–Crippen MR) is 119 cm³/mol. The molecule has 1 aromatic carbocycles. The van der Waals surface area contributed by atoms with E-state index in [1.165, 1.54) is 56.1 Å². The van der Waals surface area contributed by atoms with Crippen LogP contribution in [0.2, 0.25) is 0 Å². The molecule has 0 heterocycles. The molecule has 1 N–H and O–H groups in total. The normalized spacial score (nSPS) is 13.8. The van der Waals surface area contributed by atoms with Gasteiger partial charge in [0.1, 0.15) is 0 Å². The summed E-state index contributed by atoms with van der Waals surface area (Å²) in [6.07, 6.45) is 14.1. The van der Waals surface area contributed by atoms with Crippen molar-refractivity contribution in [2.75, 3.05) is 13.7 Å². The minimum absolute atomic E-state index is 0.341. The fourth-order valence-corrected chi connectivity index (χ4v) is 3.25. The summed E-state index contributed by atoms with van der Waals surface area (Å²) in [4.78, 5) is 0. The molecule has 1 saturated carbocycles. The van der Waals surface area contributed by atoms with Crippen LogP contribution < -0.4 is 0 Å². The van der Waals surface area contributed by atoms with E-state index in [0.717, 1.165) is 32.5 Å². The highest BCUT2D eigenvalue weighted by Crippen LogP contribution is 2.31. The van der Waals surface area contributed by atoms with Crippen LogP contribution in [-0.4, -0.2) is 24.9 Å². The minimum Gasteiger partial charge on any atom is -0.400 e. The molecule has 27 heavy (non-hydrogen) atoms. The van der Waals surface area contributed by atoms with Gasteiger partial charge in [0, 0.05) is 7.11 Å². The summed E-state index contributed by atoms with van der Waals surface area (Å²) in [7, 11) is 1.00. The molecule has 0 unspecified atom stereocenters. The van der Waals surface area contributed by atoms with E-state index in [0.29, 0.717) is 6.10 Å². The van der Waals surface area contributed by atoms with Gasteiger partial charge in [-0.15, -0.1) is 6.58 Å². The Morgan fingerprint density at radius 3 is 2.33 bits per heavy atom. The SMILES string of the molecule is C=CCCCC(=C)C1CCCCC1.CC(C)OCCc1ccccc1.CO. The van der Waals surface area contributed by atoms with Gasteiger partial charge in [-0.05, 0) is 63.9 Å². The Kier molecular flexibility index (Phi) is 17.1. The van der Waals surface area contributed by atoms with Gasteiger partial charge in [0.2, 0.25) is 0 Å².